The number of aromatic amines is 1. The fourth-order valence-electron chi connectivity index (χ4n) is 9.17. The molecule has 1 aromatic carbocycles. The van der Waals surface area contributed by atoms with E-state index in [-0.39, 0.29) is 41.9 Å². The highest BCUT2D eigenvalue weighted by Crippen LogP contribution is 2.45. The van der Waals surface area contributed by atoms with Crippen LogP contribution < -0.4 is 11.1 Å². The number of halogens is 1. The largest absolute Gasteiger partial charge is 0.395 e. The average molecular weight is 746 g/mol. The number of aliphatic hydroxyl groups excluding tert-OH is 2. The molecule has 2 aromatic rings. The minimum atomic E-state index is -0.489. The zero-order chi connectivity index (χ0) is 38.7. The highest BCUT2D eigenvalue weighted by molar-refractivity contribution is 6.03. The molecule has 5 aliphatic heterocycles. The van der Waals surface area contributed by atoms with E-state index in [1.54, 1.807) is 0 Å². The van der Waals surface area contributed by atoms with Crippen LogP contribution in [0.15, 0.2) is 23.1 Å². The zero-order valence-electron chi connectivity index (χ0n) is 33.0. The third kappa shape index (κ3) is 7.51. The number of nitrogens with one attached hydrogen (secondary N) is 2. The molecule has 12 nitrogen and oxygen atoms in total. The number of likely N-dealkylation sites (tertiary alicyclic amines) is 1. The monoisotopic (exact) mass is 745 g/mol. The van der Waals surface area contributed by atoms with Crippen molar-refractivity contribution in [1.29, 1.82) is 5.26 Å². The Morgan fingerprint density at radius 2 is 1.78 bits per heavy atom. The lowest BCUT2D eigenvalue weighted by atomic mass is 9.81. The molecule has 4 unspecified atom stereocenters. The molecule has 13 heteroatoms. The van der Waals surface area contributed by atoms with Gasteiger partial charge < -0.3 is 40.8 Å². The van der Waals surface area contributed by atoms with E-state index in [1.165, 1.54) is 6.20 Å². The third-order valence-electron chi connectivity index (χ3n) is 11.7. The van der Waals surface area contributed by atoms with Gasteiger partial charge in [0.15, 0.2) is 5.83 Å². The summed E-state index contributed by atoms with van der Waals surface area (Å²) in [6.07, 6.45) is 7.29. The summed E-state index contributed by atoms with van der Waals surface area (Å²) in [6.45, 7) is 19.8. The number of anilines is 1. The molecular formula is C41H60FN9O3. The van der Waals surface area contributed by atoms with Crippen LogP contribution in [-0.4, -0.2) is 118 Å². The number of nitrogens with two attached hydrogens (primary N) is 1. The first kappa shape index (κ1) is 39.8. The van der Waals surface area contributed by atoms with Crippen molar-refractivity contribution in [3.63, 3.8) is 0 Å². The number of nitrogen functional groups attached to an aromatic ring is 1. The number of ether oxygens (including phenoxy) is 1. The number of aromatic nitrogens is 1. The number of fused-ring (bicyclic) bond motifs is 4. The van der Waals surface area contributed by atoms with Crippen LogP contribution >= 0.6 is 0 Å². The van der Waals surface area contributed by atoms with Crippen molar-refractivity contribution in [2.75, 3.05) is 64.7 Å². The molecule has 7 rings (SSSR count). The first-order valence-corrected chi connectivity index (χ1v) is 20.0. The van der Waals surface area contributed by atoms with Crippen LogP contribution in [0.3, 0.4) is 0 Å². The molecule has 3 saturated heterocycles. The lowest BCUT2D eigenvalue weighted by molar-refractivity contribution is 0.0711. The lowest BCUT2D eigenvalue weighted by Crippen LogP contribution is -2.57. The molecule has 0 saturated carbocycles. The second kappa shape index (κ2) is 17.3. The van der Waals surface area contributed by atoms with Crippen LogP contribution in [0.4, 0.5) is 10.2 Å². The van der Waals surface area contributed by atoms with Crippen molar-refractivity contribution in [2.24, 2.45) is 4.99 Å². The number of aliphatic hydroxyl groups is 2. The lowest BCUT2D eigenvalue weighted by Gasteiger charge is -2.44. The molecule has 2 bridgehead atoms. The molecular weight excluding hydrogens is 686 g/mol. The Kier molecular flexibility index (Phi) is 12.7. The van der Waals surface area contributed by atoms with Crippen molar-refractivity contribution in [1.82, 2.24) is 29.9 Å². The van der Waals surface area contributed by atoms with Gasteiger partial charge in [-0.1, -0.05) is 27.2 Å². The maximum atomic E-state index is 15.1. The standard InChI is InChI=1S/C39H54FN9O3.C2H6/c1-5-6-7-32(48-12-10-46(11-13-48)14-15-50)44-39(49-26-8-9-27(49)20-47(19-26)18-23(2)51)34-25(4)24(3)33(29-21-52-22-30(29)34)37-35-28(16-41)38(42)45-36(35)31(40)17-43-37;1-2/h7,17,23,26-27,37,43,45,50-51H,5-6,8-15,18-22,42H2,1-4H3;1-2H3/b32-7-,44-39+;. The normalized spacial score (nSPS) is 23.6. The van der Waals surface area contributed by atoms with Crippen LogP contribution in [0.1, 0.15) is 110 Å². The van der Waals surface area contributed by atoms with Crippen molar-refractivity contribution < 1.29 is 19.3 Å². The number of unbranched alkanes of at least 4 members (excludes halogenated alkanes) is 1. The first-order valence-electron chi connectivity index (χ1n) is 20.0. The Morgan fingerprint density at radius 3 is 2.41 bits per heavy atom. The van der Waals surface area contributed by atoms with E-state index >= 15 is 4.39 Å². The molecule has 294 valence electrons. The molecule has 0 aliphatic carbocycles. The van der Waals surface area contributed by atoms with E-state index in [0.717, 1.165) is 110 Å². The Bertz CT molecular complexity index is 1790. The van der Waals surface area contributed by atoms with Crippen LogP contribution in [0, 0.1) is 25.2 Å². The Labute approximate surface area is 320 Å². The second-order valence-corrected chi connectivity index (χ2v) is 15.1. The van der Waals surface area contributed by atoms with Crippen LogP contribution in [-0.2, 0) is 18.0 Å². The van der Waals surface area contributed by atoms with Gasteiger partial charge in [0.25, 0.3) is 0 Å². The zero-order valence-corrected chi connectivity index (χ0v) is 33.0. The summed E-state index contributed by atoms with van der Waals surface area (Å²) in [5.74, 6) is 1.64. The van der Waals surface area contributed by atoms with Gasteiger partial charge in [-0.3, -0.25) is 9.80 Å². The molecule has 4 atom stereocenters. The van der Waals surface area contributed by atoms with Gasteiger partial charge in [0, 0.05) is 81.8 Å². The average Bonchev–Trinajstić information content (AvgIpc) is 3.85. The van der Waals surface area contributed by atoms with Gasteiger partial charge in [0.05, 0.1) is 43.2 Å². The summed E-state index contributed by atoms with van der Waals surface area (Å²) in [6, 6.07) is 2.23. The van der Waals surface area contributed by atoms with Gasteiger partial charge in [0.1, 0.15) is 23.5 Å². The Hall–Kier alpha value is -3.93. The summed E-state index contributed by atoms with van der Waals surface area (Å²) in [4.78, 5) is 18.3. The van der Waals surface area contributed by atoms with Crippen molar-refractivity contribution >= 4 is 17.5 Å². The number of β-amino-alcohol motifs (C(OH)–C–C–N with tert-alkyl or cyclic N) is 2. The summed E-state index contributed by atoms with van der Waals surface area (Å²) in [5.41, 5.74) is 13.6. The number of hydrogen-bond donors (Lipinski definition) is 5. The van der Waals surface area contributed by atoms with Gasteiger partial charge >= 0.3 is 0 Å². The van der Waals surface area contributed by atoms with Crippen molar-refractivity contribution in [3.8, 4) is 6.07 Å². The Morgan fingerprint density at radius 1 is 1.09 bits per heavy atom. The summed E-state index contributed by atoms with van der Waals surface area (Å²) >= 11 is 0. The van der Waals surface area contributed by atoms with Gasteiger partial charge in [0.2, 0.25) is 0 Å². The van der Waals surface area contributed by atoms with E-state index < -0.39 is 11.9 Å². The number of hydrogen-bond acceptors (Lipinski definition) is 10. The van der Waals surface area contributed by atoms with E-state index in [1.807, 2.05) is 20.8 Å². The maximum Gasteiger partial charge on any atom is 0.162 e. The molecule has 0 amide bonds. The number of rotatable bonds is 10. The predicted octanol–water partition coefficient (Wildman–Crippen LogP) is 4.63. The van der Waals surface area contributed by atoms with Gasteiger partial charge in [-0.05, 0) is 73.9 Å². The molecule has 1 aromatic heterocycles. The van der Waals surface area contributed by atoms with Gasteiger partial charge in [-0.15, -0.1) is 0 Å². The minimum Gasteiger partial charge on any atom is -0.395 e. The molecule has 0 spiro atoms. The van der Waals surface area contributed by atoms with E-state index in [0.29, 0.717) is 31.9 Å². The first-order chi connectivity index (χ1) is 26.1. The minimum absolute atomic E-state index is 0.157. The predicted molar refractivity (Wildman–Crippen MR) is 211 cm³/mol. The van der Waals surface area contributed by atoms with Gasteiger partial charge in [-0.25, -0.2) is 9.38 Å². The fraction of sp³-hybridized carbons (Fsp3) is 0.610. The fourth-order valence-corrected chi connectivity index (χ4v) is 9.17. The topological polar surface area (TPSA) is 153 Å². The molecule has 6 heterocycles. The summed E-state index contributed by atoms with van der Waals surface area (Å²) < 4.78 is 21.4. The molecule has 3 fully saturated rings. The highest BCUT2D eigenvalue weighted by Gasteiger charge is 2.44. The molecule has 54 heavy (non-hydrogen) atoms. The molecule has 5 aliphatic rings. The highest BCUT2D eigenvalue weighted by atomic mass is 19.1. The van der Waals surface area contributed by atoms with E-state index in [2.05, 4.69) is 62.8 Å². The van der Waals surface area contributed by atoms with Crippen molar-refractivity contribution in [2.45, 2.75) is 105 Å². The number of aliphatic imine (C=N–C) groups is 1. The molecule has 6 N–H and O–H groups in total. The van der Waals surface area contributed by atoms with E-state index in [9.17, 15) is 15.5 Å². The van der Waals surface area contributed by atoms with E-state index in [4.69, 9.17) is 15.5 Å². The number of amidine groups is 1. The Balaban J connectivity index is 0.00000245. The SMILES string of the molecule is CC.CCC/C=C(/N=C(\c1c(C)c(C)c(C2NC=C(F)c3[nH]c(N)c(C#N)c32)c2c1COC2)N1C2CCC1CN(CC(C)O)C2)N1CCN(CCO)CC1. The number of piperazine rings is 2. The number of benzene rings is 1. The number of allylic oxidation sites excluding steroid dienone is 1. The van der Waals surface area contributed by atoms with Crippen LogP contribution in [0.25, 0.3) is 5.83 Å². The number of H-pyrrole nitrogens is 1. The third-order valence-corrected chi connectivity index (χ3v) is 11.7. The summed E-state index contributed by atoms with van der Waals surface area (Å²) in [5, 5.41) is 33.2. The number of nitriles is 1. The smallest absolute Gasteiger partial charge is 0.162 e. The summed E-state index contributed by atoms with van der Waals surface area (Å²) in [7, 11) is 0. The maximum absolute atomic E-state index is 15.1. The van der Waals surface area contributed by atoms with Crippen LogP contribution in [0.2, 0.25) is 0 Å². The van der Waals surface area contributed by atoms with Crippen molar-refractivity contribution in [3.05, 3.63) is 68.3 Å². The van der Waals surface area contributed by atoms with Gasteiger partial charge in [-0.2, -0.15) is 5.26 Å². The quantitative estimate of drug-likeness (QED) is 0.172. The second-order valence-electron chi connectivity index (χ2n) is 15.1. The number of nitrogens with zero attached hydrogens (tertiary/aromatic N) is 6. The van der Waals surface area contributed by atoms with Crippen LogP contribution in [0.5, 0.6) is 0 Å². The molecule has 0 radical (unpaired) electrons.